The van der Waals surface area contributed by atoms with Crippen molar-refractivity contribution in [3.8, 4) is 0 Å². The second kappa shape index (κ2) is 5.00. The molecule has 2 saturated heterocycles. The molecule has 2 aliphatic heterocycles. The van der Waals surface area contributed by atoms with Crippen LogP contribution in [0.2, 0.25) is 0 Å². The van der Waals surface area contributed by atoms with E-state index in [0.29, 0.717) is 25.9 Å². The molecular formula is C15H22N2O4. The summed E-state index contributed by atoms with van der Waals surface area (Å²) in [5.74, 6) is -0.672. The van der Waals surface area contributed by atoms with Crippen LogP contribution in [-0.2, 0) is 14.4 Å². The lowest BCUT2D eigenvalue weighted by Crippen LogP contribution is -2.48. The van der Waals surface area contributed by atoms with Gasteiger partial charge in [0.15, 0.2) is 0 Å². The number of rotatable bonds is 3. The molecule has 0 aromatic carbocycles. The molecule has 3 aliphatic rings. The first-order valence-corrected chi connectivity index (χ1v) is 7.75. The number of carbonyl (C=O) groups is 3. The lowest BCUT2D eigenvalue weighted by atomic mass is 9.90. The molecule has 0 spiro atoms. The SMILES string of the molecule is CC1(C(=O)O)CCN(C(=O)C2CCCN2C(=O)C2CC2)C1. The van der Waals surface area contributed by atoms with Crippen LogP contribution in [0.25, 0.3) is 0 Å². The summed E-state index contributed by atoms with van der Waals surface area (Å²) in [6.07, 6.45) is 3.93. The average Bonchev–Trinajstić information content (AvgIpc) is 3.04. The Bertz CT molecular complexity index is 488. The first kappa shape index (κ1) is 14.4. The van der Waals surface area contributed by atoms with Crippen LogP contribution in [0.3, 0.4) is 0 Å². The van der Waals surface area contributed by atoms with E-state index in [-0.39, 0.29) is 30.3 Å². The van der Waals surface area contributed by atoms with Crippen molar-refractivity contribution in [2.24, 2.45) is 11.3 Å². The Balaban J connectivity index is 1.67. The minimum absolute atomic E-state index is 0.0634. The third-order valence-corrected chi connectivity index (χ3v) is 5.05. The maximum atomic E-state index is 12.7. The number of hydrogen-bond acceptors (Lipinski definition) is 3. The third kappa shape index (κ3) is 2.51. The van der Waals surface area contributed by atoms with E-state index in [1.54, 1.807) is 16.7 Å². The number of nitrogens with zero attached hydrogens (tertiary/aromatic N) is 2. The second-order valence-corrected chi connectivity index (χ2v) is 6.84. The van der Waals surface area contributed by atoms with E-state index in [2.05, 4.69) is 0 Å². The van der Waals surface area contributed by atoms with Gasteiger partial charge in [0.05, 0.1) is 5.41 Å². The molecule has 3 fully saturated rings. The molecule has 6 nitrogen and oxygen atoms in total. The smallest absolute Gasteiger partial charge is 0.311 e. The van der Waals surface area contributed by atoms with E-state index >= 15 is 0 Å². The van der Waals surface area contributed by atoms with Gasteiger partial charge in [0.25, 0.3) is 0 Å². The lowest BCUT2D eigenvalue weighted by Gasteiger charge is -2.28. The fourth-order valence-corrected chi connectivity index (χ4v) is 3.39. The van der Waals surface area contributed by atoms with Crippen molar-refractivity contribution >= 4 is 17.8 Å². The number of carboxylic acid groups (broad SMARTS) is 1. The van der Waals surface area contributed by atoms with Crippen molar-refractivity contribution in [2.75, 3.05) is 19.6 Å². The normalized spacial score (nSPS) is 32.5. The van der Waals surface area contributed by atoms with Gasteiger partial charge in [-0.25, -0.2) is 0 Å². The van der Waals surface area contributed by atoms with Crippen LogP contribution in [-0.4, -0.2) is 58.4 Å². The van der Waals surface area contributed by atoms with Gasteiger partial charge in [-0.1, -0.05) is 0 Å². The summed E-state index contributed by atoms with van der Waals surface area (Å²) >= 11 is 0. The molecular weight excluding hydrogens is 272 g/mol. The van der Waals surface area contributed by atoms with Crippen molar-refractivity contribution in [3.05, 3.63) is 0 Å². The average molecular weight is 294 g/mol. The zero-order chi connectivity index (χ0) is 15.2. The molecule has 0 aromatic heterocycles. The van der Waals surface area contributed by atoms with Gasteiger partial charge < -0.3 is 14.9 Å². The molecule has 2 amide bonds. The van der Waals surface area contributed by atoms with E-state index in [0.717, 1.165) is 19.3 Å². The number of carbonyl (C=O) groups excluding carboxylic acids is 2. The minimum atomic E-state index is -0.852. The van der Waals surface area contributed by atoms with Gasteiger partial charge in [-0.05, 0) is 39.0 Å². The van der Waals surface area contributed by atoms with Crippen LogP contribution in [0.4, 0.5) is 0 Å². The van der Waals surface area contributed by atoms with E-state index in [1.165, 1.54) is 0 Å². The molecule has 3 rings (SSSR count). The number of likely N-dealkylation sites (tertiary alicyclic amines) is 2. The molecule has 21 heavy (non-hydrogen) atoms. The Morgan fingerprint density at radius 2 is 1.81 bits per heavy atom. The zero-order valence-corrected chi connectivity index (χ0v) is 12.4. The van der Waals surface area contributed by atoms with Gasteiger partial charge in [0, 0.05) is 25.6 Å². The molecule has 116 valence electrons. The Hall–Kier alpha value is -1.59. The van der Waals surface area contributed by atoms with Gasteiger partial charge in [-0.3, -0.25) is 14.4 Å². The van der Waals surface area contributed by atoms with Crippen molar-refractivity contribution in [1.29, 1.82) is 0 Å². The quantitative estimate of drug-likeness (QED) is 0.831. The van der Waals surface area contributed by atoms with Crippen molar-refractivity contribution in [1.82, 2.24) is 9.80 Å². The highest BCUT2D eigenvalue weighted by atomic mass is 16.4. The summed E-state index contributed by atoms with van der Waals surface area (Å²) in [5, 5.41) is 9.26. The highest BCUT2D eigenvalue weighted by molar-refractivity contribution is 5.90. The van der Waals surface area contributed by atoms with Crippen LogP contribution < -0.4 is 0 Å². The molecule has 0 bridgehead atoms. The fraction of sp³-hybridized carbons (Fsp3) is 0.800. The summed E-state index contributed by atoms with van der Waals surface area (Å²) < 4.78 is 0. The molecule has 0 radical (unpaired) electrons. The largest absolute Gasteiger partial charge is 0.481 e. The van der Waals surface area contributed by atoms with Crippen molar-refractivity contribution in [2.45, 2.75) is 45.1 Å². The fourth-order valence-electron chi connectivity index (χ4n) is 3.39. The van der Waals surface area contributed by atoms with E-state index in [9.17, 15) is 19.5 Å². The van der Waals surface area contributed by atoms with E-state index in [4.69, 9.17) is 0 Å². The molecule has 1 saturated carbocycles. The maximum absolute atomic E-state index is 12.7. The molecule has 2 atom stereocenters. The summed E-state index contributed by atoms with van der Waals surface area (Å²) in [6.45, 7) is 3.08. The lowest BCUT2D eigenvalue weighted by molar-refractivity contribution is -0.148. The molecule has 2 heterocycles. The van der Waals surface area contributed by atoms with Gasteiger partial charge in [-0.15, -0.1) is 0 Å². The van der Waals surface area contributed by atoms with Gasteiger partial charge in [-0.2, -0.15) is 0 Å². The molecule has 0 aromatic rings. The summed E-state index contributed by atoms with van der Waals surface area (Å²) in [7, 11) is 0. The summed E-state index contributed by atoms with van der Waals surface area (Å²) in [6, 6.07) is -0.366. The van der Waals surface area contributed by atoms with Gasteiger partial charge in [0.1, 0.15) is 6.04 Å². The highest BCUT2D eigenvalue weighted by Crippen LogP contribution is 2.35. The second-order valence-electron chi connectivity index (χ2n) is 6.84. The van der Waals surface area contributed by atoms with E-state index in [1.807, 2.05) is 0 Å². The number of amides is 2. The maximum Gasteiger partial charge on any atom is 0.311 e. The highest BCUT2D eigenvalue weighted by Gasteiger charge is 2.46. The van der Waals surface area contributed by atoms with Crippen LogP contribution in [0, 0.1) is 11.3 Å². The van der Waals surface area contributed by atoms with Crippen molar-refractivity contribution in [3.63, 3.8) is 0 Å². The molecule has 1 N–H and O–H groups in total. The van der Waals surface area contributed by atoms with Gasteiger partial charge >= 0.3 is 5.97 Å². The topological polar surface area (TPSA) is 77.9 Å². The Labute approximate surface area is 124 Å². The number of aliphatic carboxylic acids is 1. The first-order valence-electron chi connectivity index (χ1n) is 7.75. The zero-order valence-electron chi connectivity index (χ0n) is 12.4. The standard InChI is InChI=1S/C15H22N2O4/c1-15(14(20)21)6-8-16(9-15)13(19)11-3-2-7-17(11)12(18)10-4-5-10/h10-11H,2-9H2,1H3,(H,20,21). The molecule has 1 aliphatic carbocycles. The van der Waals surface area contributed by atoms with Crippen LogP contribution >= 0.6 is 0 Å². The monoisotopic (exact) mass is 294 g/mol. The number of carboxylic acids is 1. The Morgan fingerprint density at radius 3 is 2.38 bits per heavy atom. The van der Waals surface area contributed by atoms with Crippen molar-refractivity contribution < 1.29 is 19.5 Å². The predicted octanol–water partition coefficient (Wildman–Crippen LogP) is 0.711. The van der Waals surface area contributed by atoms with Gasteiger partial charge in [0.2, 0.25) is 11.8 Å². The Morgan fingerprint density at radius 1 is 1.10 bits per heavy atom. The van der Waals surface area contributed by atoms with Crippen LogP contribution in [0.5, 0.6) is 0 Å². The summed E-state index contributed by atoms with van der Waals surface area (Å²) in [4.78, 5) is 39.5. The summed E-state index contributed by atoms with van der Waals surface area (Å²) in [5.41, 5.74) is -0.848. The molecule has 6 heteroatoms. The van der Waals surface area contributed by atoms with E-state index < -0.39 is 11.4 Å². The first-order chi connectivity index (χ1) is 9.92. The third-order valence-electron chi connectivity index (χ3n) is 5.05. The minimum Gasteiger partial charge on any atom is -0.481 e. The predicted molar refractivity (Wildman–Crippen MR) is 74.4 cm³/mol. The number of hydrogen-bond donors (Lipinski definition) is 1. The molecule has 2 unspecified atom stereocenters. The Kier molecular flexibility index (Phi) is 3.42. The van der Waals surface area contributed by atoms with Crippen LogP contribution in [0.15, 0.2) is 0 Å². The van der Waals surface area contributed by atoms with Crippen LogP contribution in [0.1, 0.15) is 39.0 Å².